The molecule has 0 spiro atoms. The molecule has 1 rings (SSSR count). The van der Waals surface area contributed by atoms with Crippen molar-refractivity contribution in [2.45, 2.75) is 6.92 Å². The Kier molecular flexibility index (Phi) is 5.39. The van der Waals surface area contributed by atoms with Crippen molar-refractivity contribution in [2.24, 2.45) is 0 Å². The molecule has 0 aromatic heterocycles. The summed E-state index contributed by atoms with van der Waals surface area (Å²) in [6.07, 6.45) is 0. The lowest BCUT2D eigenvalue weighted by atomic mass is 10.2. The number of hydrogen-bond donors (Lipinski definition) is 1. The molecule has 0 amide bonds. The van der Waals surface area contributed by atoms with Gasteiger partial charge >= 0.3 is 0 Å². The van der Waals surface area contributed by atoms with Gasteiger partial charge in [-0.2, -0.15) is 15.8 Å². The first kappa shape index (κ1) is 15.5. The van der Waals surface area contributed by atoms with Crippen molar-refractivity contribution < 1.29 is 0 Å². The predicted octanol–water partition coefficient (Wildman–Crippen LogP) is 4.41. The molecule has 1 aromatic rings. The van der Waals surface area contributed by atoms with Crippen LogP contribution in [-0.2, 0) is 0 Å². The number of rotatable bonds is 2. The second kappa shape index (κ2) is 6.59. The largest absolute Gasteiger partial charge is 0.343 e. The first-order valence-electron chi connectivity index (χ1n) is 4.82. The maximum Gasteiger partial charge on any atom is 0.163 e. The molecule has 19 heavy (non-hydrogen) atoms. The van der Waals surface area contributed by atoms with Crippen LogP contribution in [0.5, 0.6) is 0 Å². The van der Waals surface area contributed by atoms with Crippen molar-refractivity contribution in [1.82, 2.24) is 0 Å². The summed E-state index contributed by atoms with van der Waals surface area (Å²) < 4.78 is 1.26. The minimum Gasteiger partial charge on any atom is -0.343 e. The molecule has 1 N–H and O–H groups in total. The SMILES string of the molecule is Cc1c(Cl)cc(Br)c(NC(C#N)=C(C#N)C#N)c1Br. The fourth-order valence-electron chi connectivity index (χ4n) is 1.21. The van der Waals surface area contributed by atoms with Crippen LogP contribution in [0.3, 0.4) is 0 Å². The van der Waals surface area contributed by atoms with Gasteiger partial charge < -0.3 is 5.32 Å². The third-order valence-corrected chi connectivity index (χ3v) is 4.24. The minimum absolute atomic E-state index is 0.117. The first-order chi connectivity index (χ1) is 8.96. The van der Waals surface area contributed by atoms with E-state index in [1.54, 1.807) is 31.2 Å². The van der Waals surface area contributed by atoms with E-state index in [0.29, 0.717) is 19.7 Å². The number of nitrogens with zero attached hydrogens (tertiary/aromatic N) is 3. The number of allylic oxidation sites excluding steroid dienone is 2. The van der Waals surface area contributed by atoms with E-state index in [0.717, 1.165) is 5.56 Å². The molecule has 0 saturated heterocycles. The molecule has 0 unspecified atom stereocenters. The fourth-order valence-corrected chi connectivity index (χ4v) is 2.98. The van der Waals surface area contributed by atoms with E-state index < -0.39 is 0 Å². The third-order valence-electron chi connectivity index (χ3n) is 2.23. The number of nitriles is 3. The van der Waals surface area contributed by atoms with Crippen LogP contribution in [0, 0.1) is 40.9 Å². The van der Waals surface area contributed by atoms with Crippen LogP contribution in [0.2, 0.25) is 5.02 Å². The van der Waals surface area contributed by atoms with Crippen LogP contribution in [0.4, 0.5) is 5.69 Å². The van der Waals surface area contributed by atoms with E-state index in [9.17, 15) is 0 Å². The van der Waals surface area contributed by atoms with Gasteiger partial charge in [0.1, 0.15) is 23.9 Å². The molecule has 0 aliphatic rings. The lowest BCUT2D eigenvalue weighted by Gasteiger charge is -2.13. The van der Waals surface area contributed by atoms with Gasteiger partial charge in [0, 0.05) is 14.0 Å². The number of benzene rings is 1. The van der Waals surface area contributed by atoms with Crippen molar-refractivity contribution in [3.63, 3.8) is 0 Å². The maximum atomic E-state index is 9.00. The maximum absolute atomic E-state index is 9.00. The summed E-state index contributed by atoms with van der Waals surface area (Å²) >= 11 is 12.7. The summed E-state index contributed by atoms with van der Waals surface area (Å²) in [5.41, 5.74) is 0.906. The summed E-state index contributed by atoms with van der Waals surface area (Å²) in [5, 5.41) is 29.9. The second-order valence-corrected chi connectivity index (χ2v) is 5.42. The number of nitrogens with one attached hydrogen (secondary N) is 1. The van der Waals surface area contributed by atoms with Crippen molar-refractivity contribution in [3.05, 3.63) is 36.9 Å². The molecule has 0 bridgehead atoms. The van der Waals surface area contributed by atoms with Crippen molar-refractivity contribution in [3.8, 4) is 18.2 Å². The molecule has 0 heterocycles. The highest BCUT2D eigenvalue weighted by Crippen LogP contribution is 2.38. The van der Waals surface area contributed by atoms with E-state index in [4.69, 9.17) is 27.4 Å². The lowest BCUT2D eigenvalue weighted by molar-refractivity contribution is 1.34. The minimum atomic E-state index is -0.283. The molecule has 0 radical (unpaired) electrons. The Morgan fingerprint density at radius 2 is 1.79 bits per heavy atom. The zero-order valence-electron chi connectivity index (χ0n) is 9.55. The highest BCUT2D eigenvalue weighted by Gasteiger charge is 2.14. The highest BCUT2D eigenvalue weighted by molar-refractivity contribution is 9.11. The molecule has 4 nitrogen and oxygen atoms in total. The van der Waals surface area contributed by atoms with Crippen LogP contribution in [0.1, 0.15) is 5.56 Å². The Balaban J connectivity index is 3.41. The van der Waals surface area contributed by atoms with E-state index in [-0.39, 0.29) is 11.3 Å². The van der Waals surface area contributed by atoms with E-state index >= 15 is 0 Å². The van der Waals surface area contributed by atoms with Gasteiger partial charge in [-0.3, -0.25) is 0 Å². The van der Waals surface area contributed by atoms with Crippen LogP contribution in [-0.4, -0.2) is 0 Å². The molecule has 0 aliphatic carbocycles. The average Bonchev–Trinajstić information content (AvgIpc) is 2.40. The predicted molar refractivity (Wildman–Crippen MR) is 79.1 cm³/mol. The number of halogens is 3. The van der Waals surface area contributed by atoms with E-state index in [1.165, 1.54) is 0 Å². The summed E-state index contributed by atoms with van der Waals surface area (Å²) in [7, 11) is 0. The van der Waals surface area contributed by atoms with Gasteiger partial charge in [-0.25, -0.2) is 0 Å². The molecule has 94 valence electrons. The zero-order chi connectivity index (χ0) is 14.6. The Morgan fingerprint density at radius 1 is 1.21 bits per heavy atom. The van der Waals surface area contributed by atoms with Crippen LogP contribution in [0.15, 0.2) is 26.3 Å². The molecule has 0 aliphatic heterocycles. The molecule has 7 heteroatoms. The molecule has 1 aromatic carbocycles. The first-order valence-corrected chi connectivity index (χ1v) is 6.78. The summed E-state index contributed by atoms with van der Waals surface area (Å²) in [4.78, 5) is 0. The quantitative estimate of drug-likeness (QED) is 0.746. The zero-order valence-corrected chi connectivity index (χ0v) is 13.5. The van der Waals surface area contributed by atoms with Crippen LogP contribution >= 0.6 is 43.5 Å². The highest BCUT2D eigenvalue weighted by atomic mass is 79.9. The fraction of sp³-hybridized carbons (Fsp3) is 0.0833. The van der Waals surface area contributed by atoms with Crippen molar-refractivity contribution >= 4 is 49.1 Å². The summed E-state index contributed by atoms with van der Waals surface area (Å²) in [6.45, 7) is 1.80. The van der Waals surface area contributed by atoms with Gasteiger partial charge in [0.2, 0.25) is 0 Å². The van der Waals surface area contributed by atoms with Gasteiger partial charge in [-0.05, 0) is 50.4 Å². The van der Waals surface area contributed by atoms with Crippen LogP contribution in [0.25, 0.3) is 0 Å². The lowest BCUT2D eigenvalue weighted by Crippen LogP contribution is -2.03. The van der Waals surface area contributed by atoms with Crippen molar-refractivity contribution in [2.75, 3.05) is 5.32 Å². The molecule has 0 fully saturated rings. The van der Waals surface area contributed by atoms with Gasteiger partial charge in [-0.15, -0.1) is 0 Å². The summed E-state index contributed by atoms with van der Waals surface area (Å²) in [6, 6.07) is 6.78. The topological polar surface area (TPSA) is 83.4 Å². The average molecular weight is 400 g/mol. The van der Waals surface area contributed by atoms with Crippen molar-refractivity contribution in [1.29, 1.82) is 15.8 Å². The van der Waals surface area contributed by atoms with E-state index in [1.807, 2.05) is 0 Å². The normalized spacial score (nSPS) is 8.89. The smallest absolute Gasteiger partial charge is 0.163 e. The van der Waals surface area contributed by atoms with Gasteiger partial charge in [-0.1, -0.05) is 11.6 Å². The summed E-state index contributed by atoms with van der Waals surface area (Å²) in [5.74, 6) is 0. The molecule has 0 atom stereocenters. The Labute approximate surface area is 132 Å². The Bertz CT molecular complexity index is 674. The molecular formula is C12H5Br2ClN4. The van der Waals surface area contributed by atoms with Gasteiger partial charge in [0.25, 0.3) is 0 Å². The number of anilines is 1. The Hall–Kier alpha value is -1.52. The third kappa shape index (κ3) is 3.28. The van der Waals surface area contributed by atoms with Gasteiger partial charge in [0.05, 0.1) is 5.69 Å². The molecule has 0 saturated carbocycles. The van der Waals surface area contributed by atoms with Gasteiger partial charge in [0.15, 0.2) is 5.57 Å². The number of hydrogen-bond acceptors (Lipinski definition) is 4. The van der Waals surface area contributed by atoms with E-state index in [2.05, 4.69) is 37.2 Å². The monoisotopic (exact) mass is 398 g/mol. The second-order valence-electron chi connectivity index (χ2n) is 3.36. The van der Waals surface area contributed by atoms with Crippen LogP contribution < -0.4 is 5.32 Å². The Morgan fingerprint density at radius 3 is 2.26 bits per heavy atom. The molecular weight excluding hydrogens is 395 g/mol. The standard InChI is InChI=1S/C12H5Br2ClN4/c1-6-9(15)2-8(13)12(11(6)14)19-10(5-18)7(3-16)4-17/h2,19H,1H3.